The number of amides is 1. The van der Waals surface area contributed by atoms with Gasteiger partial charge in [-0.05, 0) is 36.8 Å². The van der Waals surface area contributed by atoms with Gasteiger partial charge in [-0.3, -0.25) is 4.79 Å². The molecule has 0 unspecified atom stereocenters. The quantitative estimate of drug-likeness (QED) is 0.708. The molecule has 0 spiro atoms. The smallest absolute Gasteiger partial charge is 0.243 e. The Balaban J connectivity index is 1.91. The molecule has 0 bridgehead atoms. The minimum atomic E-state index is -3.68. The van der Waals surface area contributed by atoms with Crippen LogP contribution in [0.1, 0.15) is 26.2 Å². The summed E-state index contributed by atoms with van der Waals surface area (Å²) in [7, 11) is -3.68. The maximum Gasteiger partial charge on any atom is 0.243 e. The normalized spacial score (nSPS) is 15.1. The van der Waals surface area contributed by atoms with E-state index in [2.05, 4.69) is 5.32 Å². The van der Waals surface area contributed by atoms with Crippen molar-refractivity contribution in [2.45, 2.75) is 31.1 Å². The minimum Gasteiger partial charge on any atom is -0.455 e. The van der Waals surface area contributed by atoms with E-state index in [1.54, 1.807) is 18.2 Å². The first-order chi connectivity index (χ1) is 14.0. The van der Waals surface area contributed by atoms with E-state index in [9.17, 15) is 13.2 Å². The predicted octanol–water partition coefficient (Wildman–Crippen LogP) is 3.63. The highest BCUT2D eigenvalue weighted by molar-refractivity contribution is 7.89. The topological polar surface area (TPSA) is 84.9 Å². The van der Waals surface area contributed by atoms with Crippen LogP contribution in [0.25, 0.3) is 0 Å². The second kappa shape index (κ2) is 9.87. The Morgan fingerprint density at radius 1 is 1.14 bits per heavy atom. The molecule has 1 fully saturated rings. The van der Waals surface area contributed by atoms with Gasteiger partial charge in [-0.2, -0.15) is 4.31 Å². The molecular formula is C21H26N2O5S. The van der Waals surface area contributed by atoms with Gasteiger partial charge in [0.15, 0.2) is 5.75 Å². The summed E-state index contributed by atoms with van der Waals surface area (Å²) >= 11 is 0. The molecule has 0 atom stereocenters. The second-order valence-electron chi connectivity index (χ2n) is 6.74. The molecule has 1 N–H and O–H groups in total. The molecule has 2 aromatic rings. The number of para-hydroxylation sites is 1. The minimum absolute atomic E-state index is 0.116. The van der Waals surface area contributed by atoms with Gasteiger partial charge >= 0.3 is 0 Å². The molecule has 0 saturated carbocycles. The average Bonchev–Trinajstić information content (AvgIpc) is 2.74. The number of nitrogens with one attached hydrogen (secondary N) is 1. The summed E-state index contributed by atoms with van der Waals surface area (Å²) < 4.78 is 38.5. The number of nitrogens with zero attached hydrogens (tertiary/aromatic N) is 1. The van der Waals surface area contributed by atoms with E-state index < -0.39 is 10.0 Å². The highest BCUT2D eigenvalue weighted by atomic mass is 32.2. The van der Waals surface area contributed by atoms with E-state index in [-0.39, 0.29) is 10.8 Å². The maximum absolute atomic E-state index is 13.0. The first kappa shape index (κ1) is 21.3. The molecule has 1 heterocycles. The number of rotatable bonds is 8. The van der Waals surface area contributed by atoms with E-state index in [1.807, 2.05) is 25.1 Å². The third-order valence-corrected chi connectivity index (χ3v) is 6.46. The summed E-state index contributed by atoms with van der Waals surface area (Å²) in [6.45, 7) is 3.36. The van der Waals surface area contributed by atoms with Gasteiger partial charge in [0.2, 0.25) is 15.9 Å². The zero-order valence-corrected chi connectivity index (χ0v) is 17.3. The lowest BCUT2D eigenvalue weighted by Crippen LogP contribution is -2.40. The van der Waals surface area contributed by atoms with Crippen molar-refractivity contribution in [3.8, 4) is 11.5 Å². The number of morpholine rings is 1. The Morgan fingerprint density at radius 3 is 2.55 bits per heavy atom. The zero-order chi connectivity index (χ0) is 20.7. The van der Waals surface area contributed by atoms with E-state index in [1.165, 1.54) is 16.4 Å². The summed E-state index contributed by atoms with van der Waals surface area (Å²) in [5.74, 6) is 0.813. The maximum atomic E-state index is 13.0. The first-order valence-electron chi connectivity index (χ1n) is 9.75. The van der Waals surface area contributed by atoms with Crippen molar-refractivity contribution in [1.29, 1.82) is 0 Å². The highest BCUT2D eigenvalue weighted by Crippen LogP contribution is 2.33. The molecule has 156 valence electrons. The summed E-state index contributed by atoms with van der Waals surface area (Å²) in [4.78, 5) is 12.4. The van der Waals surface area contributed by atoms with Crippen LogP contribution in [-0.2, 0) is 19.6 Å². The van der Waals surface area contributed by atoms with Crippen molar-refractivity contribution < 1.29 is 22.7 Å². The van der Waals surface area contributed by atoms with E-state index in [4.69, 9.17) is 9.47 Å². The van der Waals surface area contributed by atoms with Gasteiger partial charge < -0.3 is 14.8 Å². The van der Waals surface area contributed by atoms with Crippen molar-refractivity contribution in [2.24, 2.45) is 0 Å². The Kier molecular flexibility index (Phi) is 7.24. The van der Waals surface area contributed by atoms with Crippen LogP contribution in [0.4, 0.5) is 5.69 Å². The van der Waals surface area contributed by atoms with Crippen LogP contribution in [0, 0.1) is 0 Å². The van der Waals surface area contributed by atoms with Gasteiger partial charge in [0.25, 0.3) is 0 Å². The molecule has 29 heavy (non-hydrogen) atoms. The van der Waals surface area contributed by atoms with Gasteiger partial charge in [-0.1, -0.05) is 31.5 Å². The number of ether oxygens (including phenoxy) is 2. The number of anilines is 1. The molecule has 1 aliphatic heterocycles. The van der Waals surface area contributed by atoms with Crippen LogP contribution >= 0.6 is 0 Å². The first-order valence-corrected chi connectivity index (χ1v) is 11.2. The number of carbonyl (C=O) groups excluding carboxylic acids is 1. The van der Waals surface area contributed by atoms with Crippen LogP contribution in [0.3, 0.4) is 0 Å². The van der Waals surface area contributed by atoms with E-state index in [0.29, 0.717) is 49.9 Å². The largest absolute Gasteiger partial charge is 0.455 e. The monoisotopic (exact) mass is 418 g/mol. The van der Waals surface area contributed by atoms with Gasteiger partial charge in [-0.15, -0.1) is 0 Å². The molecule has 1 saturated heterocycles. The Bertz CT molecular complexity index is 925. The van der Waals surface area contributed by atoms with Crippen molar-refractivity contribution in [2.75, 3.05) is 31.6 Å². The predicted molar refractivity (Wildman–Crippen MR) is 111 cm³/mol. The lowest BCUT2D eigenvalue weighted by molar-refractivity contribution is -0.116. The summed E-state index contributed by atoms with van der Waals surface area (Å²) in [6.07, 6.45) is 2.01. The number of hydrogen-bond donors (Lipinski definition) is 1. The molecule has 8 heteroatoms. The summed E-state index contributed by atoms with van der Waals surface area (Å²) in [5, 5.41) is 2.81. The molecule has 7 nitrogen and oxygen atoms in total. The van der Waals surface area contributed by atoms with Crippen molar-refractivity contribution in [3.05, 3.63) is 48.5 Å². The third-order valence-electron chi connectivity index (χ3n) is 4.56. The average molecular weight is 419 g/mol. The van der Waals surface area contributed by atoms with Crippen molar-refractivity contribution in [1.82, 2.24) is 4.31 Å². The van der Waals surface area contributed by atoms with Crippen LogP contribution < -0.4 is 10.1 Å². The van der Waals surface area contributed by atoms with Gasteiger partial charge in [0.1, 0.15) is 5.75 Å². The number of unbranched alkanes of at least 4 members (excludes halogenated alkanes) is 1. The Labute approximate surface area is 171 Å². The third kappa shape index (κ3) is 5.56. The standard InChI is InChI=1S/C21H26N2O5S/c1-2-3-9-21(24)22-19-16-18(29(25,26)23-12-14-27-15-13-23)10-11-20(19)28-17-7-5-4-6-8-17/h4-8,10-11,16H,2-3,9,12-15H2,1H3,(H,22,24). The molecule has 3 rings (SSSR count). The molecule has 0 aliphatic carbocycles. The molecule has 2 aromatic carbocycles. The van der Waals surface area contributed by atoms with Crippen LogP contribution in [-0.4, -0.2) is 44.9 Å². The number of carbonyl (C=O) groups is 1. The highest BCUT2D eigenvalue weighted by Gasteiger charge is 2.27. The van der Waals surface area contributed by atoms with Crippen molar-refractivity contribution in [3.63, 3.8) is 0 Å². The molecular weight excluding hydrogens is 392 g/mol. The van der Waals surface area contributed by atoms with E-state index in [0.717, 1.165) is 12.8 Å². The zero-order valence-electron chi connectivity index (χ0n) is 16.5. The van der Waals surface area contributed by atoms with Gasteiger partial charge in [0, 0.05) is 19.5 Å². The fourth-order valence-corrected chi connectivity index (χ4v) is 4.39. The molecule has 0 aromatic heterocycles. The number of sulfonamides is 1. The van der Waals surface area contributed by atoms with Crippen molar-refractivity contribution >= 4 is 21.6 Å². The molecule has 0 radical (unpaired) electrons. The van der Waals surface area contributed by atoms with Gasteiger partial charge in [0.05, 0.1) is 23.8 Å². The SMILES string of the molecule is CCCCC(=O)Nc1cc(S(=O)(=O)N2CCOCC2)ccc1Oc1ccccc1. The van der Waals surface area contributed by atoms with Crippen LogP contribution in [0.2, 0.25) is 0 Å². The van der Waals surface area contributed by atoms with Crippen LogP contribution in [0.15, 0.2) is 53.4 Å². The lowest BCUT2D eigenvalue weighted by atomic mass is 10.2. The van der Waals surface area contributed by atoms with Crippen LogP contribution in [0.5, 0.6) is 11.5 Å². The summed E-state index contributed by atoms with van der Waals surface area (Å²) in [6, 6.07) is 13.7. The molecule has 1 aliphatic rings. The Morgan fingerprint density at radius 2 is 1.86 bits per heavy atom. The lowest BCUT2D eigenvalue weighted by Gasteiger charge is -2.26. The number of benzene rings is 2. The fourth-order valence-electron chi connectivity index (χ4n) is 2.96. The second-order valence-corrected chi connectivity index (χ2v) is 8.68. The fraction of sp³-hybridized carbons (Fsp3) is 0.381. The van der Waals surface area contributed by atoms with Gasteiger partial charge in [-0.25, -0.2) is 8.42 Å². The molecule has 1 amide bonds. The van der Waals surface area contributed by atoms with E-state index >= 15 is 0 Å². The number of hydrogen-bond acceptors (Lipinski definition) is 5. The summed E-state index contributed by atoms with van der Waals surface area (Å²) in [5.41, 5.74) is 0.337. The Hall–Kier alpha value is -2.42.